The summed E-state index contributed by atoms with van der Waals surface area (Å²) in [7, 11) is 0. The fraction of sp³-hybridized carbons (Fsp3) is 0.346. The Kier molecular flexibility index (Phi) is 7.53. The van der Waals surface area contributed by atoms with E-state index in [-0.39, 0.29) is 11.8 Å². The zero-order valence-electron chi connectivity index (χ0n) is 19.7. The summed E-state index contributed by atoms with van der Waals surface area (Å²) >= 11 is 1.58. The van der Waals surface area contributed by atoms with Gasteiger partial charge in [-0.1, -0.05) is 19.9 Å². The van der Waals surface area contributed by atoms with E-state index in [1.54, 1.807) is 23.7 Å². The van der Waals surface area contributed by atoms with Crippen LogP contribution in [0.4, 0.5) is 10.5 Å². The van der Waals surface area contributed by atoms with Gasteiger partial charge >= 0.3 is 6.09 Å². The number of amides is 2. The molecule has 0 radical (unpaired) electrons. The van der Waals surface area contributed by atoms with E-state index in [9.17, 15) is 14.7 Å². The predicted octanol–water partition coefficient (Wildman–Crippen LogP) is 6.61. The number of nitrogens with zero attached hydrogens (tertiary/aromatic N) is 2. The van der Waals surface area contributed by atoms with Crippen LogP contribution in [-0.2, 0) is 4.79 Å². The molecule has 0 saturated heterocycles. The summed E-state index contributed by atoms with van der Waals surface area (Å²) in [6.07, 6.45) is 2.82. The highest BCUT2D eigenvalue weighted by molar-refractivity contribution is 7.08. The Balaban J connectivity index is 2.01. The standard InChI is InChI=1S/C26H31N3O3S/c1-17(2)14-23(29(25(31)32)26(3,4)5)24(30)28-22-7-6-19(18-8-11-27-12-9-18)15-21(22)20-10-13-33-16-20/h6-13,15-17,23H,14H2,1-5H3,(H,28,30)(H,31,32)/t23-/m1/s1. The number of carboxylic acid groups (broad SMARTS) is 1. The number of hydrogen-bond acceptors (Lipinski definition) is 4. The Hall–Kier alpha value is -3.19. The topological polar surface area (TPSA) is 82.5 Å². The minimum atomic E-state index is -1.10. The van der Waals surface area contributed by atoms with Gasteiger partial charge in [0.25, 0.3) is 0 Å². The lowest BCUT2D eigenvalue weighted by molar-refractivity contribution is -0.123. The van der Waals surface area contributed by atoms with Gasteiger partial charge in [-0.15, -0.1) is 0 Å². The van der Waals surface area contributed by atoms with E-state index in [1.165, 1.54) is 4.90 Å². The maximum absolute atomic E-state index is 13.5. The summed E-state index contributed by atoms with van der Waals surface area (Å²) in [4.78, 5) is 31.0. The van der Waals surface area contributed by atoms with Crippen molar-refractivity contribution in [2.45, 2.75) is 52.6 Å². The number of rotatable bonds is 7. The van der Waals surface area contributed by atoms with E-state index in [0.717, 1.165) is 22.3 Å². The van der Waals surface area contributed by atoms with E-state index < -0.39 is 17.7 Å². The molecule has 0 aliphatic carbocycles. The van der Waals surface area contributed by atoms with E-state index in [4.69, 9.17) is 0 Å². The molecular weight excluding hydrogens is 434 g/mol. The van der Waals surface area contributed by atoms with Crippen molar-refractivity contribution in [3.05, 3.63) is 59.6 Å². The molecule has 2 amide bonds. The van der Waals surface area contributed by atoms with Crippen LogP contribution in [0.25, 0.3) is 22.3 Å². The highest BCUT2D eigenvalue weighted by Gasteiger charge is 2.38. The zero-order valence-corrected chi connectivity index (χ0v) is 20.5. The molecule has 0 unspecified atom stereocenters. The number of carbonyl (C=O) groups is 2. The summed E-state index contributed by atoms with van der Waals surface area (Å²) in [5.41, 5.74) is 3.87. The minimum Gasteiger partial charge on any atom is -0.465 e. The molecule has 1 aromatic carbocycles. The third-order valence-electron chi connectivity index (χ3n) is 5.36. The summed E-state index contributed by atoms with van der Waals surface area (Å²) in [6.45, 7) is 9.40. The average Bonchev–Trinajstić information content (AvgIpc) is 3.27. The molecule has 0 aliphatic heterocycles. The first kappa shape index (κ1) is 24.5. The normalized spacial score (nSPS) is 12.4. The number of carbonyl (C=O) groups excluding carboxylic acids is 1. The number of pyridine rings is 1. The molecule has 0 bridgehead atoms. The van der Waals surface area contributed by atoms with Gasteiger partial charge in [0.2, 0.25) is 5.91 Å². The van der Waals surface area contributed by atoms with Gasteiger partial charge in [-0.3, -0.25) is 14.7 Å². The van der Waals surface area contributed by atoms with Gasteiger partial charge in [0.15, 0.2) is 0 Å². The second-order valence-electron chi connectivity index (χ2n) is 9.47. The maximum atomic E-state index is 13.5. The van der Waals surface area contributed by atoms with Gasteiger partial charge in [0.1, 0.15) is 6.04 Å². The summed E-state index contributed by atoms with van der Waals surface area (Å²) in [6, 6.07) is 11.0. The molecule has 7 heteroatoms. The molecule has 0 saturated carbocycles. The van der Waals surface area contributed by atoms with Crippen LogP contribution < -0.4 is 5.32 Å². The second kappa shape index (κ2) is 10.2. The van der Waals surface area contributed by atoms with E-state index in [0.29, 0.717) is 12.1 Å². The van der Waals surface area contributed by atoms with Gasteiger partial charge in [0, 0.05) is 29.2 Å². The zero-order chi connectivity index (χ0) is 24.2. The number of thiophene rings is 1. The van der Waals surface area contributed by atoms with Gasteiger partial charge in [-0.25, -0.2) is 4.79 Å². The Morgan fingerprint density at radius 2 is 1.76 bits per heavy atom. The van der Waals surface area contributed by atoms with Gasteiger partial charge in [-0.05, 0) is 90.9 Å². The number of aromatic nitrogens is 1. The van der Waals surface area contributed by atoms with Crippen molar-refractivity contribution in [2.75, 3.05) is 5.32 Å². The van der Waals surface area contributed by atoms with Gasteiger partial charge < -0.3 is 10.4 Å². The first-order chi connectivity index (χ1) is 15.6. The SMILES string of the molecule is CC(C)C[C@H](C(=O)Nc1ccc(-c2ccncc2)cc1-c1ccsc1)N(C(=O)O)C(C)(C)C. The molecule has 3 aromatic rings. The van der Waals surface area contributed by atoms with Crippen molar-refractivity contribution in [1.29, 1.82) is 0 Å². The van der Waals surface area contributed by atoms with E-state index in [2.05, 4.69) is 10.3 Å². The largest absolute Gasteiger partial charge is 0.465 e. The van der Waals surface area contributed by atoms with Crippen molar-refractivity contribution in [1.82, 2.24) is 9.88 Å². The molecule has 2 heterocycles. The van der Waals surface area contributed by atoms with Crippen LogP contribution in [0, 0.1) is 5.92 Å². The van der Waals surface area contributed by atoms with Crippen molar-refractivity contribution in [3.63, 3.8) is 0 Å². The monoisotopic (exact) mass is 465 g/mol. The fourth-order valence-corrected chi connectivity index (χ4v) is 4.57. The highest BCUT2D eigenvalue weighted by Crippen LogP contribution is 2.34. The molecule has 6 nitrogen and oxygen atoms in total. The fourth-order valence-electron chi connectivity index (χ4n) is 3.91. The average molecular weight is 466 g/mol. The minimum absolute atomic E-state index is 0.148. The number of nitrogens with one attached hydrogen (secondary N) is 1. The quantitative estimate of drug-likeness (QED) is 0.411. The van der Waals surface area contributed by atoms with Crippen LogP contribution in [0.5, 0.6) is 0 Å². The molecule has 174 valence electrons. The molecule has 0 aliphatic rings. The molecule has 0 spiro atoms. The Morgan fingerprint density at radius 1 is 1.06 bits per heavy atom. The van der Waals surface area contributed by atoms with Crippen molar-refractivity contribution >= 4 is 29.0 Å². The van der Waals surface area contributed by atoms with Crippen molar-refractivity contribution in [2.24, 2.45) is 5.92 Å². The Labute approximate surface area is 199 Å². The maximum Gasteiger partial charge on any atom is 0.408 e. The van der Waals surface area contributed by atoms with Crippen LogP contribution in [0.2, 0.25) is 0 Å². The lowest BCUT2D eigenvalue weighted by Gasteiger charge is -2.39. The third-order valence-corrected chi connectivity index (χ3v) is 6.04. The molecule has 1 atom stereocenters. The van der Waals surface area contributed by atoms with Crippen LogP contribution in [0.1, 0.15) is 41.0 Å². The van der Waals surface area contributed by atoms with E-state index in [1.807, 2.05) is 81.8 Å². The van der Waals surface area contributed by atoms with Crippen LogP contribution in [0.15, 0.2) is 59.6 Å². The number of hydrogen-bond donors (Lipinski definition) is 2. The van der Waals surface area contributed by atoms with Crippen LogP contribution in [0.3, 0.4) is 0 Å². The van der Waals surface area contributed by atoms with Gasteiger partial charge in [-0.2, -0.15) is 11.3 Å². The second-order valence-corrected chi connectivity index (χ2v) is 10.2. The van der Waals surface area contributed by atoms with Crippen molar-refractivity contribution in [3.8, 4) is 22.3 Å². The van der Waals surface area contributed by atoms with E-state index >= 15 is 0 Å². The lowest BCUT2D eigenvalue weighted by atomic mass is 9.95. The smallest absolute Gasteiger partial charge is 0.408 e. The molecular formula is C26H31N3O3S. The lowest BCUT2D eigenvalue weighted by Crippen LogP contribution is -2.56. The summed E-state index contributed by atoms with van der Waals surface area (Å²) < 4.78 is 0. The Bertz CT molecular complexity index is 1090. The number of anilines is 1. The van der Waals surface area contributed by atoms with Crippen LogP contribution >= 0.6 is 11.3 Å². The molecule has 2 aromatic heterocycles. The molecule has 2 N–H and O–H groups in total. The first-order valence-electron chi connectivity index (χ1n) is 11.0. The first-order valence-corrected chi connectivity index (χ1v) is 11.9. The van der Waals surface area contributed by atoms with Crippen LogP contribution in [-0.4, -0.2) is 38.6 Å². The third kappa shape index (κ3) is 5.99. The summed E-state index contributed by atoms with van der Waals surface area (Å²) in [5.74, 6) is -0.176. The van der Waals surface area contributed by atoms with Crippen molar-refractivity contribution < 1.29 is 14.7 Å². The molecule has 3 rings (SSSR count). The summed E-state index contributed by atoms with van der Waals surface area (Å²) in [5, 5.41) is 17.0. The van der Waals surface area contributed by atoms with Gasteiger partial charge in [0.05, 0.1) is 0 Å². The Morgan fingerprint density at radius 3 is 2.30 bits per heavy atom. The highest BCUT2D eigenvalue weighted by atomic mass is 32.1. The number of benzene rings is 1. The molecule has 0 fully saturated rings. The molecule has 33 heavy (non-hydrogen) atoms. The predicted molar refractivity (Wildman–Crippen MR) is 134 cm³/mol.